The van der Waals surface area contributed by atoms with E-state index < -0.39 is 24.5 Å². The number of esters is 1. The number of methoxy groups -OCH3 is 1. The van der Waals surface area contributed by atoms with E-state index in [0.29, 0.717) is 18.5 Å². The molecule has 0 spiro atoms. The molecule has 1 aromatic rings. The van der Waals surface area contributed by atoms with E-state index in [-0.39, 0.29) is 19.1 Å². The lowest BCUT2D eigenvalue weighted by atomic mass is 10.0. The molecule has 0 unspecified atom stereocenters. The van der Waals surface area contributed by atoms with Gasteiger partial charge in [-0.25, -0.2) is 4.79 Å². The van der Waals surface area contributed by atoms with E-state index in [1.807, 2.05) is 0 Å². The molecule has 122 valence electrons. The van der Waals surface area contributed by atoms with Crippen molar-refractivity contribution < 1.29 is 27.5 Å². The fourth-order valence-electron chi connectivity index (χ4n) is 2.67. The summed E-state index contributed by atoms with van der Waals surface area (Å²) in [6.45, 7) is 0.497. The molecule has 5 nitrogen and oxygen atoms in total. The highest BCUT2D eigenvalue weighted by atomic mass is 19.4. The van der Waals surface area contributed by atoms with E-state index in [1.54, 1.807) is 22.9 Å². The molecule has 2 rings (SSSR count). The third-order valence-electron chi connectivity index (χ3n) is 3.74. The first-order valence-electron chi connectivity index (χ1n) is 6.91. The predicted octanol–water partition coefficient (Wildman–Crippen LogP) is 2.39. The number of halogens is 3. The zero-order chi connectivity index (χ0) is 16.3. The average Bonchev–Trinajstić information content (AvgIpc) is 2.94. The van der Waals surface area contributed by atoms with Crippen LogP contribution in [0.2, 0.25) is 0 Å². The van der Waals surface area contributed by atoms with Crippen LogP contribution in [0, 0.1) is 0 Å². The number of nitrogens with zero attached hydrogens (tertiary/aromatic N) is 2. The third kappa shape index (κ3) is 3.80. The van der Waals surface area contributed by atoms with Gasteiger partial charge in [0.2, 0.25) is 5.91 Å². The van der Waals surface area contributed by atoms with Crippen molar-refractivity contribution in [2.45, 2.75) is 31.5 Å². The molecule has 0 radical (unpaired) electrons. The van der Waals surface area contributed by atoms with Gasteiger partial charge in [0.1, 0.15) is 12.1 Å². The summed E-state index contributed by atoms with van der Waals surface area (Å²) in [6.07, 6.45) is -3.16. The van der Waals surface area contributed by atoms with Crippen molar-refractivity contribution in [3.8, 4) is 0 Å². The smallest absolute Gasteiger partial charge is 0.397 e. The number of hydrogen-bond donors (Lipinski definition) is 0. The Morgan fingerprint density at radius 1 is 1.32 bits per heavy atom. The summed E-state index contributed by atoms with van der Waals surface area (Å²) in [6, 6.07) is 3.32. The monoisotopic (exact) mass is 318 g/mol. The Morgan fingerprint density at radius 2 is 1.95 bits per heavy atom. The molecule has 1 aliphatic heterocycles. The largest absolute Gasteiger partial charge is 0.464 e. The van der Waals surface area contributed by atoms with Gasteiger partial charge in [-0.15, -0.1) is 0 Å². The zero-order valence-corrected chi connectivity index (χ0v) is 12.1. The van der Waals surface area contributed by atoms with Crippen LogP contribution in [-0.4, -0.2) is 47.7 Å². The minimum atomic E-state index is -4.48. The number of amides is 1. The minimum Gasteiger partial charge on any atom is -0.464 e. The van der Waals surface area contributed by atoms with Gasteiger partial charge in [0.25, 0.3) is 0 Å². The Morgan fingerprint density at radius 3 is 2.50 bits per heavy atom. The second-order valence-corrected chi connectivity index (χ2v) is 5.20. The van der Waals surface area contributed by atoms with Gasteiger partial charge < -0.3 is 14.2 Å². The number of rotatable bonds is 3. The first-order valence-corrected chi connectivity index (χ1v) is 6.91. The summed E-state index contributed by atoms with van der Waals surface area (Å²) >= 11 is 0. The van der Waals surface area contributed by atoms with E-state index in [2.05, 4.69) is 0 Å². The number of carbonyl (C=O) groups is 2. The van der Waals surface area contributed by atoms with Crippen molar-refractivity contribution in [1.82, 2.24) is 9.47 Å². The molecule has 1 amide bonds. The first kappa shape index (κ1) is 16.4. The van der Waals surface area contributed by atoms with Gasteiger partial charge in [-0.3, -0.25) is 4.79 Å². The lowest BCUT2D eigenvalue weighted by Crippen LogP contribution is -2.41. The van der Waals surface area contributed by atoms with Crippen molar-refractivity contribution in [3.63, 3.8) is 0 Å². The maximum absolute atomic E-state index is 12.2. The quantitative estimate of drug-likeness (QED) is 0.804. The van der Waals surface area contributed by atoms with E-state index >= 15 is 0 Å². The van der Waals surface area contributed by atoms with Crippen LogP contribution in [0.5, 0.6) is 0 Å². The van der Waals surface area contributed by atoms with Crippen molar-refractivity contribution in [1.29, 1.82) is 0 Å². The van der Waals surface area contributed by atoms with Crippen LogP contribution >= 0.6 is 0 Å². The molecule has 2 heterocycles. The molecule has 0 aliphatic carbocycles. The molecule has 0 N–H and O–H groups in total. The summed E-state index contributed by atoms with van der Waals surface area (Å²) in [5.41, 5.74) is 0.405. The average molecular weight is 318 g/mol. The predicted molar refractivity (Wildman–Crippen MR) is 71.3 cm³/mol. The molecule has 1 aliphatic rings. The van der Waals surface area contributed by atoms with Gasteiger partial charge in [0, 0.05) is 25.3 Å². The molecule has 22 heavy (non-hydrogen) atoms. The second kappa shape index (κ2) is 6.41. The molecule has 1 saturated heterocycles. The van der Waals surface area contributed by atoms with Gasteiger partial charge in [-0.05, 0) is 25.0 Å². The molecular weight excluding hydrogens is 301 g/mol. The van der Waals surface area contributed by atoms with Crippen molar-refractivity contribution >= 4 is 11.9 Å². The lowest BCUT2D eigenvalue weighted by Gasteiger charge is -2.33. The van der Waals surface area contributed by atoms with Gasteiger partial charge in [0.15, 0.2) is 0 Å². The molecule has 0 aromatic carbocycles. The maximum atomic E-state index is 12.2. The summed E-state index contributed by atoms with van der Waals surface area (Å²) in [4.78, 5) is 24.4. The molecule has 0 atom stereocenters. The maximum Gasteiger partial charge on any atom is 0.397 e. The van der Waals surface area contributed by atoms with Crippen molar-refractivity contribution in [2.24, 2.45) is 0 Å². The molecule has 1 aromatic heterocycles. The van der Waals surface area contributed by atoms with Crippen LogP contribution in [0.1, 0.15) is 35.8 Å². The second-order valence-electron chi connectivity index (χ2n) is 5.20. The highest BCUT2D eigenvalue weighted by Gasteiger charge is 2.35. The summed E-state index contributed by atoms with van der Waals surface area (Å²) < 4.78 is 43.2. The van der Waals surface area contributed by atoms with E-state index in [0.717, 1.165) is 0 Å². The number of ether oxygens (including phenoxy) is 1. The fraction of sp³-hybridized carbons (Fsp3) is 0.571. The van der Waals surface area contributed by atoms with Crippen LogP contribution in [0.3, 0.4) is 0 Å². The first-order chi connectivity index (χ1) is 10.3. The Bertz CT molecular complexity index is 546. The standard InChI is InChI=1S/C14H17F3N2O3/c1-22-13(21)11-3-2-6-19(11)10-4-7-18(8-5-10)12(20)9-14(15,16)17/h2-3,6,10H,4-5,7-9H2,1H3. The molecule has 0 bridgehead atoms. The van der Waals surface area contributed by atoms with Crippen LogP contribution in [-0.2, 0) is 9.53 Å². The Kier molecular flexibility index (Phi) is 4.77. The van der Waals surface area contributed by atoms with Crippen LogP contribution in [0.15, 0.2) is 18.3 Å². The number of likely N-dealkylation sites (tertiary alicyclic amines) is 1. The lowest BCUT2D eigenvalue weighted by molar-refractivity contribution is -0.162. The van der Waals surface area contributed by atoms with Crippen LogP contribution < -0.4 is 0 Å². The number of aromatic nitrogens is 1. The van der Waals surface area contributed by atoms with E-state index in [1.165, 1.54) is 12.0 Å². The van der Waals surface area contributed by atoms with Gasteiger partial charge in [-0.1, -0.05) is 0 Å². The summed E-state index contributed by atoms with van der Waals surface area (Å²) in [5, 5.41) is 0. The third-order valence-corrected chi connectivity index (χ3v) is 3.74. The van der Waals surface area contributed by atoms with E-state index in [9.17, 15) is 22.8 Å². The summed E-state index contributed by atoms with van der Waals surface area (Å²) in [5.74, 6) is -1.35. The number of carbonyl (C=O) groups excluding carboxylic acids is 2. The number of hydrogen-bond acceptors (Lipinski definition) is 3. The highest BCUT2D eigenvalue weighted by molar-refractivity contribution is 5.87. The normalized spacial score (nSPS) is 16.6. The Balaban J connectivity index is 1.97. The van der Waals surface area contributed by atoms with Gasteiger partial charge >= 0.3 is 12.1 Å². The molecule has 0 saturated carbocycles. The van der Waals surface area contributed by atoms with Crippen LogP contribution in [0.25, 0.3) is 0 Å². The summed E-state index contributed by atoms with van der Waals surface area (Å²) in [7, 11) is 1.29. The molecule has 1 fully saturated rings. The van der Waals surface area contributed by atoms with Crippen molar-refractivity contribution in [3.05, 3.63) is 24.0 Å². The Hall–Kier alpha value is -1.99. The highest BCUT2D eigenvalue weighted by Crippen LogP contribution is 2.27. The molecule has 8 heteroatoms. The van der Waals surface area contributed by atoms with Gasteiger partial charge in [0.05, 0.1) is 7.11 Å². The van der Waals surface area contributed by atoms with E-state index in [4.69, 9.17) is 4.74 Å². The number of alkyl halides is 3. The van der Waals surface area contributed by atoms with Crippen molar-refractivity contribution in [2.75, 3.05) is 20.2 Å². The SMILES string of the molecule is COC(=O)c1cccn1C1CCN(C(=O)CC(F)(F)F)CC1. The Labute approximate surface area is 125 Å². The van der Waals surface area contributed by atoms with Crippen LogP contribution in [0.4, 0.5) is 13.2 Å². The zero-order valence-electron chi connectivity index (χ0n) is 12.1. The topological polar surface area (TPSA) is 51.5 Å². The fourth-order valence-corrected chi connectivity index (χ4v) is 2.67. The minimum absolute atomic E-state index is 0.0287. The number of piperidine rings is 1. The van der Waals surface area contributed by atoms with Gasteiger partial charge in [-0.2, -0.15) is 13.2 Å². The molecular formula is C14H17F3N2O3.